The minimum absolute atomic E-state index is 0.0135. The normalized spacial score (nSPS) is 35.1. The molecule has 120 valence electrons. The number of rotatable bonds is 4. The molecule has 1 aromatic carbocycles. The van der Waals surface area contributed by atoms with Crippen LogP contribution < -0.4 is 4.74 Å². The van der Waals surface area contributed by atoms with Gasteiger partial charge in [-0.1, -0.05) is 39.0 Å². The van der Waals surface area contributed by atoms with Crippen molar-refractivity contribution in [2.24, 2.45) is 22.7 Å². The second-order valence-corrected chi connectivity index (χ2v) is 7.99. The number of benzene rings is 1. The third kappa shape index (κ3) is 1.90. The molecule has 0 heterocycles. The number of hydrogen-bond donors (Lipinski definition) is 1. The van der Waals surface area contributed by atoms with Crippen LogP contribution in [-0.4, -0.2) is 16.7 Å². The quantitative estimate of drug-likeness (QED) is 0.898. The second kappa shape index (κ2) is 4.74. The number of aliphatic carboxylic acids is 1. The standard InChI is InChI=1S/C19H26O3/c1-17(2)13-10-11-18(17,3)15(12-13)19(4,16(20)21)22-14-8-6-5-7-9-14/h5-9,13,15H,10-12H2,1-4H3,(H,20,21). The van der Waals surface area contributed by atoms with Crippen molar-refractivity contribution in [1.29, 1.82) is 0 Å². The maximum absolute atomic E-state index is 12.1. The van der Waals surface area contributed by atoms with Crippen LogP contribution in [-0.2, 0) is 4.79 Å². The number of hydrogen-bond acceptors (Lipinski definition) is 2. The average Bonchev–Trinajstić information content (AvgIpc) is 2.81. The molecule has 3 heteroatoms. The molecule has 2 aliphatic carbocycles. The van der Waals surface area contributed by atoms with E-state index >= 15 is 0 Å². The topological polar surface area (TPSA) is 46.5 Å². The van der Waals surface area contributed by atoms with Crippen LogP contribution in [0.1, 0.15) is 47.0 Å². The summed E-state index contributed by atoms with van der Waals surface area (Å²) in [6, 6.07) is 9.34. The highest BCUT2D eigenvalue weighted by atomic mass is 16.5. The Hall–Kier alpha value is -1.51. The minimum Gasteiger partial charge on any atom is -0.478 e. The van der Waals surface area contributed by atoms with Crippen molar-refractivity contribution in [2.45, 2.75) is 52.6 Å². The first kappa shape index (κ1) is 15.4. The lowest BCUT2D eigenvalue weighted by molar-refractivity contribution is -0.165. The molecule has 4 atom stereocenters. The molecule has 0 spiro atoms. The Morgan fingerprint density at radius 3 is 2.36 bits per heavy atom. The lowest BCUT2D eigenvalue weighted by Crippen LogP contribution is -2.54. The van der Waals surface area contributed by atoms with Gasteiger partial charge in [-0.25, -0.2) is 4.79 Å². The average molecular weight is 302 g/mol. The zero-order valence-electron chi connectivity index (χ0n) is 13.9. The van der Waals surface area contributed by atoms with Crippen molar-refractivity contribution in [1.82, 2.24) is 0 Å². The van der Waals surface area contributed by atoms with Crippen LogP contribution in [0.25, 0.3) is 0 Å². The molecule has 0 amide bonds. The Balaban J connectivity index is 1.97. The number of carboxylic acids is 1. The van der Waals surface area contributed by atoms with Crippen LogP contribution in [0.3, 0.4) is 0 Å². The molecular weight excluding hydrogens is 276 g/mol. The van der Waals surface area contributed by atoms with Crippen molar-refractivity contribution >= 4 is 5.97 Å². The van der Waals surface area contributed by atoms with E-state index in [9.17, 15) is 9.90 Å². The molecule has 2 bridgehead atoms. The Morgan fingerprint density at radius 1 is 1.27 bits per heavy atom. The summed E-state index contributed by atoms with van der Waals surface area (Å²) in [5, 5.41) is 9.94. The summed E-state index contributed by atoms with van der Waals surface area (Å²) in [6.45, 7) is 8.63. The number of carboxylic acid groups (broad SMARTS) is 1. The number of carbonyl (C=O) groups is 1. The van der Waals surface area contributed by atoms with Gasteiger partial charge >= 0.3 is 5.97 Å². The fraction of sp³-hybridized carbons (Fsp3) is 0.632. The van der Waals surface area contributed by atoms with Gasteiger partial charge in [0.25, 0.3) is 0 Å². The van der Waals surface area contributed by atoms with Gasteiger partial charge < -0.3 is 9.84 Å². The highest BCUT2D eigenvalue weighted by Crippen LogP contribution is 2.70. The molecule has 0 saturated heterocycles. The van der Waals surface area contributed by atoms with Gasteiger partial charge in [0.05, 0.1) is 0 Å². The number of para-hydroxylation sites is 1. The summed E-state index contributed by atoms with van der Waals surface area (Å²) in [5.41, 5.74) is -0.990. The molecule has 4 unspecified atom stereocenters. The zero-order valence-corrected chi connectivity index (χ0v) is 13.9. The van der Waals surface area contributed by atoms with Crippen LogP contribution >= 0.6 is 0 Å². The largest absolute Gasteiger partial charge is 0.478 e. The van der Waals surface area contributed by atoms with Crippen molar-refractivity contribution < 1.29 is 14.6 Å². The Morgan fingerprint density at radius 2 is 1.91 bits per heavy atom. The lowest BCUT2D eigenvalue weighted by atomic mass is 9.62. The van der Waals surface area contributed by atoms with Gasteiger partial charge in [-0.05, 0) is 55.1 Å². The fourth-order valence-electron chi connectivity index (χ4n) is 5.03. The van der Waals surface area contributed by atoms with E-state index in [2.05, 4.69) is 20.8 Å². The third-order valence-corrected chi connectivity index (χ3v) is 6.96. The first-order chi connectivity index (χ1) is 10.2. The van der Waals surface area contributed by atoms with Gasteiger partial charge in [-0.3, -0.25) is 0 Å². The van der Waals surface area contributed by atoms with E-state index in [0.717, 1.165) is 12.8 Å². The molecule has 0 radical (unpaired) electrons. The van der Waals surface area contributed by atoms with Crippen LogP contribution in [0.2, 0.25) is 0 Å². The molecule has 1 aromatic rings. The van der Waals surface area contributed by atoms with Crippen molar-refractivity contribution in [3.63, 3.8) is 0 Å². The summed E-state index contributed by atoms with van der Waals surface area (Å²) in [5.74, 6) is 0.412. The molecule has 0 aromatic heterocycles. The third-order valence-electron chi connectivity index (χ3n) is 6.96. The van der Waals surface area contributed by atoms with Gasteiger partial charge in [-0.2, -0.15) is 0 Å². The van der Waals surface area contributed by atoms with E-state index in [1.54, 1.807) is 6.92 Å². The van der Waals surface area contributed by atoms with Gasteiger partial charge in [0.15, 0.2) is 0 Å². The summed E-state index contributed by atoms with van der Waals surface area (Å²) in [7, 11) is 0. The molecule has 2 aliphatic rings. The lowest BCUT2D eigenvalue weighted by Gasteiger charge is -2.45. The van der Waals surface area contributed by atoms with E-state index in [0.29, 0.717) is 11.7 Å². The van der Waals surface area contributed by atoms with Gasteiger partial charge in [0.2, 0.25) is 5.60 Å². The van der Waals surface area contributed by atoms with Crippen LogP contribution in [0.15, 0.2) is 30.3 Å². The van der Waals surface area contributed by atoms with Crippen molar-refractivity contribution in [2.75, 3.05) is 0 Å². The minimum atomic E-state index is -1.18. The molecular formula is C19H26O3. The van der Waals surface area contributed by atoms with Crippen LogP contribution in [0, 0.1) is 22.7 Å². The summed E-state index contributed by atoms with van der Waals surface area (Å²) >= 11 is 0. The molecule has 0 aliphatic heterocycles. The van der Waals surface area contributed by atoms with Gasteiger partial charge in [0, 0.05) is 5.92 Å². The smallest absolute Gasteiger partial charge is 0.348 e. The maximum atomic E-state index is 12.1. The number of ether oxygens (including phenoxy) is 1. The zero-order chi connectivity index (χ0) is 16.2. The Kier molecular flexibility index (Phi) is 3.32. The molecule has 1 N–H and O–H groups in total. The Labute approximate surface area is 132 Å². The van der Waals surface area contributed by atoms with Crippen LogP contribution in [0.5, 0.6) is 5.75 Å². The van der Waals surface area contributed by atoms with E-state index in [-0.39, 0.29) is 16.7 Å². The maximum Gasteiger partial charge on any atom is 0.348 e. The second-order valence-electron chi connectivity index (χ2n) is 7.99. The highest BCUT2D eigenvalue weighted by Gasteiger charge is 2.67. The molecule has 2 saturated carbocycles. The summed E-state index contributed by atoms with van der Waals surface area (Å²) < 4.78 is 6.06. The predicted octanol–water partition coefficient (Wildman–Crippen LogP) is 4.37. The van der Waals surface area contributed by atoms with E-state index < -0.39 is 11.6 Å². The molecule has 22 heavy (non-hydrogen) atoms. The van der Waals surface area contributed by atoms with Crippen molar-refractivity contribution in [3.05, 3.63) is 30.3 Å². The van der Waals surface area contributed by atoms with Gasteiger partial charge in [-0.15, -0.1) is 0 Å². The SMILES string of the molecule is CC(Oc1ccccc1)(C(=O)O)C1CC2CCC1(C)C2(C)C. The first-order valence-corrected chi connectivity index (χ1v) is 8.19. The molecule has 3 rings (SSSR count). The summed E-state index contributed by atoms with van der Waals surface area (Å²) in [6.07, 6.45) is 3.25. The highest BCUT2D eigenvalue weighted by molar-refractivity contribution is 5.78. The van der Waals surface area contributed by atoms with E-state index in [1.807, 2.05) is 30.3 Å². The first-order valence-electron chi connectivity index (χ1n) is 8.19. The molecule has 3 nitrogen and oxygen atoms in total. The fourth-order valence-corrected chi connectivity index (χ4v) is 5.03. The monoisotopic (exact) mass is 302 g/mol. The van der Waals surface area contributed by atoms with Crippen molar-refractivity contribution in [3.8, 4) is 5.75 Å². The molecule has 2 fully saturated rings. The Bertz CT molecular complexity index is 580. The number of fused-ring (bicyclic) bond motifs is 2. The van der Waals surface area contributed by atoms with E-state index in [4.69, 9.17) is 4.74 Å². The van der Waals surface area contributed by atoms with E-state index in [1.165, 1.54) is 6.42 Å². The predicted molar refractivity (Wildman–Crippen MR) is 85.8 cm³/mol. The van der Waals surface area contributed by atoms with Crippen LogP contribution in [0.4, 0.5) is 0 Å². The van der Waals surface area contributed by atoms with Gasteiger partial charge in [0.1, 0.15) is 5.75 Å². The summed E-state index contributed by atoms with van der Waals surface area (Å²) in [4.78, 5) is 12.1.